The van der Waals surface area contributed by atoms with Crippen molar-refractivity contribution >= 4 is 33.8 Å². The van der Waals surface area contributed by atoms with Gasteiger partial charge in [-0.1, -0.05) is 23.7 Å². The summed E-state index contributed by atoms with van der Waals surface area (Å²) < 4.78 is 14.9. The minimum Gasteiger partial charge on any atom is -0.355 e. The zero-order valence-corrected chi connectivity index (χ0v) is 16.3. The van der Waals surface area contributed by atoms with E-state index in [4.69, 9.17) is 11.6 Å². The molecule has 4 aromatic rings. The average molecular weight is 415 g/mol. The Balaban J connectivity index is 1.37. The lowest BCUT2D eigenvalue weighted by Crippen LogP contribution is -2.27. The van der Waals surface area contributed by atoms with Gasteiger partial charge in [0.25, 0.3) is 0 Å². The molecule has 0 fully saturated rings. The summed E-state index contributed by atoms with van der Waals surface area (Å²) in [6, 6.07) is 13.3. The highest BCUT2D eigenvalue weighted by Gasteiger charge is 2.12. The molecule has 1 amide bonds. The maximum atomic E-state index is 13.1. The first kappa shape index (κ1) is 18.6. The summed E-state index contributed by atoms with van der Waals surface area (Å²) in [5.74, 6) is 0.221. The quantitative estimate of drug-likeness (QED) is 0.515. The van der Waals surface area contributed by atoms with Gasteiger partial charge in [0.1, 0.15) is 5.82 Å². The van der Waals surface area contributed by atoms with Gasteiger partial charge in [-0.2, -0.15) is 4.98 Å². The smallest absolute Gasteiger partial charge is 0.224 e. The normalized spacial score (nSPS) is 11.1. The van der Waals surface area contributed by atoms with Gasteiger partial charge in [-0.3, -0.25) is 4.79 Å². The molecule has 0 saturated heterocycles. The van der Waals surface area contributed by atoms with E-state index in [1.165, 1.54) is 23.5 Å². The summed E-state index contributed by atoms with van der Waals surface area (Å²) in [4.78, 5) is 17.4. The lowest BCUT2D eigenvalue weighted by molar-refractivity contribution is -0.120. The van der Waals surface area contributed by atoms with Crippen LogP contribution in [0.3, 0.4) is 0 Å². The Hall–Kier alpha value is -2.77. The summed E-state index contributed by atoms with van der Waals surface area (Å²) in [7, 11) is 0. The van der Waals surface area contributed by atoms with E-state index in [1.807, 2.05) is 17.5 Å². The fourth-order valence-electron chi connectivity index (χ4n) is 2.80. The molecule has 28 heavy (non-hydrogen) atoms. The average Bonchev–Trinajstić information content (AvgIpc) is 3.26. The molecule has 2 aromatic carbocycles. The van der Waals surface area contributed by atoms with E-state index < -0.39 is 0 Å². The molecule has 0 aliphatic rings. The molecule has 0 bridgehead atoms. The van der Waals surface area contributed by atoms with Crippen molar-refractivity contribution in [2.75, 3.05) is 6.54 Å². The van der Waals surface area contributed by atoms with Crippen molar-refractivity contribution in [1.29, 1.82) is 0 Å². The molecule has 8 heteroatoms. The predicted octanol–water partition coefficient (Wildman–Crippen LogP) is 4.15. The molecule has 0 aliphatic heterocycles. The van der Waals surface area contributed by atoms with Crippen LogP contribution in [0.4, 0.5) is 4.39 Å². The Morgan fingerprint density at radius 2 is 1.89 bits per heavy atom. The SMILES string of the molecule is O=C(Cc1ccc(Cl)cc1)NCCc1csc2nc(-c3ccc(F)cc3)nn12. The molecule has 4 rings (SSSR count). The summed E-state index contributed by atoms with van der Waals surface area (Å²) in [5, 5.41) is 10.1. The monoisotopic (exact) mass is 414 g/mol. The summed E-state index contributed by atoms with van der Waals surface area (Å²) in [6.45, 7) is 0.504. The molecule has 2 heterocycles. The number of amides is 1. The van der Waals surface area contributed by atoms with Gasteiger partial charge in [-0.25, -0.2) is 8.91 Å². The molecule has 0 aliphatic carbocycles. The van der Waals surface area contributed by atoms with Gasteiger partial charge in [-0.05, 0) is 42.0 Å². The third kappa shape index (κ3) is 4.21. The molecule has 0 spiro atoms. The van der Waals surface area contributed by atoms with E-state index in [1.54, 1.807) is 28.8 Å². The van der Waals surface area contributed by atoms with Crippen LogP contribution in [0.5, 0.6) is 0 Å². The van der Waals surface area contributed by atoms with Crippen molar-refractivity contribution < 1.29 is 9.18 Å². The second-order valence-electron chi connectivity index (χ2n) is 6.27. The number of thiazole rings is 1. The zero-order chi connectivity index (χ0) is 19.5. The Morgan fingerprint density at radius 1 is 1.14 bits per heavy atom. The molecule has 0 saturated carbocycles. The second kappa shape index (κ2) is 8.08. The molecule has 1 N–H and O–H groups in total. The number of carbonyl (C=O) groups excluding carboxylic acids is 1. The number of nitrogens with one attached hydrogen (secondary N) is 1. The molecule has 2 aromatic heterocycles. The van der Waals surface area contributed by atoms with Crippen LogP contribution in [-0.2, 0) is 17.6 Å². The van der Waals surface area contributed by atoms with E-state index in [9.17, 15) is 9.18 Å². The van der Waals surface area contributed by atoms with Crippen LogP contribution in [0.2, 0.25) is 5.02 Å². The van der Waals surface area contributed by atoms with Crippen LogP contribution in [0.25, 0.3) is 16.3 Å². The van der Waals surface area contributed by atoms with Gasteiger partial charge in [0.15, 0.2) is 5.82 Å². The second-order valence-corrected chi connectivity index (χ2v) is 7.54. The van der Waals surface area contributed by atoms with E-state index in [0.29, 0.717) is 30.2 Å². The number of rotatable bonds is 6. The van der Waals surface area contributed by atoms with E-state index in [2.05, 4.69) is 15.4 Å². The van der Waals surface area contributed by atoms with Crippen molar-refractivity contribution in [3.63, 3.8) is 0 Å². The van der Waals surface area contributed by atoms with Gasteiger partial charge >= 0.3 is 0 Å². The van der Waals surface area contributed by atoms with Crippen molar-refractivity contribution in [2.45, 2.75) is 12.8 Å². The van der Waals surface area contributed by atoms with Crippen molar-refractivity contribution in [2.24, 2.45) is 0 Å². The molecular weight excluding hydrogens is 399 g/mol. The first-order chi connectivity index (χ1) is 13.6. The number of nitrogens with zero attached hydrogens (tertiary/aromatic N) is 3. The molecule has 0 radical (unpaired) electrons. The van der Waals surface area contributed by atoms with E-state index >= 15 is 0 Å². The zero-order valence-electron chi connectivity index (χ0n) is 14.7. The van der Waals surface area contributed by atoms with Crippen molar-refractivity contribution in [3.8, 4) is 11.4 Å². The Kier molecular flexibility index (Phi) is 5.36. The van der Waals surface area contributed by atoms with Crippen molar-refractivity contribution in [1.82, 2.24) is 19.9 Å². The minimum absolute atomic E-state index is 0.0422. The number of hydrogen-bond acceptors (Lipinski definition) is 4. The lowest BCUT2D eigenvalue weighted by atomic mass is 10.1. The number of carbonyl (C=O) groups is 1. The van der Waals surface area contributed by atoms with Crippen LogP contribution in [0.1, 0.15) is 11.3 Å². The third-order valence-electron chi connectivity index (χ3n) is 4.23. The van der Waals surface area contributed by atoms with Gasteiger partial charge in [-0.15, -0.1) is 16.4 Å². The van der Waals surface area contributed by atoms with Gasteiger partial charge in [0.05, 0.1) is 12.1 Å². The van der Waals surface area contributed by atoms with Crippen LogP contribution < -0.4 is 5.32 Å². The molecular formula is C20H16ClFN4OS. The number of fused-ring (bicyclic) bond motifs is 1. The highest BCUT2D eigenvalue weighted by atomic mass is 35.5. The Labute approximate surface area is 169 Å². The summed E-state index contributed by atoms with van der Waals surface area (Å²) in [6.07, 6.45) is 0.951. The number of hydrogen-bond donors (Lipinski definition) is 1. The predicted molar refractivity (Wildman–Crippen MR) is 108 cm³/mol. The highest BCUT2D eigenvalue weighted by Crippen LogP contribution is 2.21. The standard InChI is InChI=1S/C20H16ClFN4OS/c21-15-5-1-13(2-6-15)11-18(27)23-10-9-17-12-28-20-24-19(25-26(17)20)14-3-7-16(22)8-4-14/h1-8,12H,9-11H2,(H,23,27). The summed E-state index contributed by atoms with van der Waals surface area (Å²) in [5.41, 5.74) is 2.65. The third-order valence-corrected chi connectivity index (χ3v) is 5.35. The van der Waals surface area contributed by atoms with Gasteiger partial charge < -0.3 is 5.32 Å². The summed E-state index contributed by atoms with van der Waals surface area (Å²) >= 11 is 7.34. The minimum atomic E-state index is -0.292. The maximum absolute atomic E-state index is 13.1. The number of halogens is 2. The Bertz CT molecular complexity index is 1110. The van der Waals surface area contributed by atoms with Crippen LogP contribution in [0.15, 0.2) is 53.9 Å². The van der Waals surface area contributed by atoms with Crippen LogP contribution in [-0.4, -0.2) is 27.0 Å². The molecule has 0 unspecified atom stereocenters. The largest absolute Gasteiger partial charge is 0.355 e. The highest BCUT2D eigenvalue weighted by molar-refractivity contribution is 7.15. The van der Waals surface area contributed by atoms with E-state index in [-0.39, 0.29) is 11.7 Å². The van der Waals surface area contributed by atoms with E-state index in [0.717, 1.165) is 21.8 Å². The molecule has 0 atom stereocenters. The maximum Gasteiger partial charge on any atom is 0.224 e. The van der Waals surface area contributed by atoms with Crippen LogP contribution >= 0.6 is 22.9 Å². The fourth-order valence-corrected chi connectivity index (χ4v) is 3.78. The molecule has 142 valence electrons. The number of aromatic nitrogens is 3. The van der Waals surface area contributed by atoms with Gasteiger partial charge in [0, 0.05) is 28.9 Å². The Morgan fingerprint density at radius 3 is 2.64 bits per heavy atom. The first-order valence-corrected chi connectivity index (χ1v) is 9.94. The van der Waals surface area contributed by atoms with Crippen molar-refractivity contribution in [3.05, 3.63) is 76.0 Å². The number of benzene rings is 2. The first-order valence-electron chi connectivity index (χ1n) is 8.69. The topological polar surface area (TPSA) is 59.3 Å². The van der Waals surface area contributed by atoms with Gasteiger partial charge in [0.2, 0.25) is 10.9 Å². The molecule has 5 nitrogen and oxygen atoms in total. The lowest BCUT2D eigenvalue weighted by Gasteiger charge is -2.05. The fraction of sp³-hybridized carbons (Fsp3) is 0.150. The van der Waals surface area contributed by atoms with Crippen LogP contribution in [0, 0.1) is 5.82 Å².